The molecule has 2 atom stereocenters. The average Bonchev–Trinajstić information content (AvgIpc) is 3.85. The van der Waals surface area contributed by atoms with Gasteiger partial charge in [-0.05, 0) is 85.1 Å². The second kappa shape index (κ2) is 11.3. The molecule has 0 bridgehead atoms. The predicted molar refractivity (Wildman–Crippen MR) is 138 cm³/mol. The molecule has 2 saturated carbocycles. The van der Waals surface area contributed by atoms with Crippen molar-refractivity contribution >= 4 is 23.6 Å². The smallest absolute Gasteiger partial charge is 0.408 e. The number of anilines is 1. The molecule has 3 aliphatic rings. The van der Waals surface area contributed by atoms with E-state index in [1.807, 2.05) is 35.6 Å². The fraction of sp³-hybridized carbons (Fsp3) is 0.483. The minimum absolute atomic E-state index is 0.0328. The van der Waals surface area contributed by atoms with E-state index in [0.29, 0.717) is 35.9 Å². The molecule has 2 aromatic carbocycles. The van der Waals surface area contributed by atoms with Gasteiger partial charge in [0, 0.05) is 5.69 Å². The lowest BCUT2D eigenvalue weighted by atomic mass is 9.88. The fourth-order valence-corrected chi connectivity index (χ4v) is 5.62. The molecular weight excluding hydrogens is 511 g/mol. The Bertz CT molecular complexity index is 1200. The summed E-state index contributed by atoms with van der Waals surface area (Å²) >= 11 is 0. The molecule has 2 aromatic rings. The molecule has 0 spiro atoms. The molecule has 0 radical (unpaired) electrons. The molecule has 0 aromatic heterocycles. The molecule has 3 aliphatic carbocycles. The number of alkyl carbamates (subject to hydrolysis) is 1. The number of carbonyl (C=O) groups is 3. The summed E-state index contributed by atoms with van der Waals surface area (Å²) in [6.07, 6.45) is -0.0763. The number of rotatable bonds is 10. The van der Waals surface area contributed by atoms with E-state index in [1.54, 1.807) is 18.2 Å². The van der Waals surface area contributed by atoms with Crippen LogP contribution < -0.4 is 16.0 Å². The Kier molecular flexibility index (Phi) is 7.81. The zero-order chi connectivity index (χ0) is 27.6. The van der Waals surface area contributed by atoms with Crippen LogP contribution in [0.25, 0.3) is 0 Å². The number of amides is 3. The van der Waals surface area contributed by atoms with Gasteiger partial charge in [-0.15, -0.1) is 0 Å². The van der Waals surface area contributed by atoms with Crippen molar-refractivity contribution in [2.75, 3.05) is 11.9 Å². The summed E-state index contributed by atoms with van der Waals surface area (Å²) in [5.74, 6) is -0.830. The Hall–Kier alpha value is -3.56. The highest BCUT2D eigenvalue weighted by Crippen LogP contribution is 2.51. The Balaban J connectivity index is 1.25. The van der Waals surface area contributed by atoms with Crippen molar-refractivity contribution in [2.24, 2.45) is 17.8 Å². The maximum atomic E-state index is 13.5. The van der Waals surface area contributed by atoms with Gasteiger partial charge in [0.2, 0.25) is 11.8 Å². The normalized spacial score (nSPS) is 19.2. The minimum Gasteiger partial charge on any atom is -0.445 e. The molecule has 10 heteroatoms. The molecule has 0 saturated heterocycles. The van der Waals surface area contributed by atoms with E-state index in [1.165, 1.54) is 0 Å². The van der Waals surface area contributed by atoms with Crippen LogP contribution in [0.3, 0.4) is 0 Å². The SMILES string of the molecule is O=C(N[C@H](C(=O)Nc1ccc2c(c1)CCC2C(=O)NCC(F)(F)F)C(C1CC1)C1CC1)OCc1ccccc1. The summed E-state index contributed by atoms with van der Waals surface area (Å²) in [5, 5.41) is 7.73. The lowest BCUT2D eigenvalue weighted by Crippen LogP contribution is -2.50. The molecule has 5 rings (SSSR count). The van der Waals surface area contributed by atoms with Crippen LogP contribution >= 0.6 is 0 Å². The highest BCUT2D eigenvalue weighted by molar-refractivity contribution is 5.97. The Morgan fingerprint density at radius 2 is 1.64 bits per heavy atom. The van der Waals surface area contributed by atoms with Crippen molar-refractivity contribution in [3.63, 3.8) is 0 Å². The Morgan fingerprint density at radius 3 is 2.28 bits per heavy atom. The lowest BCUT2D eigenvalue weighted by Gasteiger charge is -2.27. The predicted octanol–water partition coefficient (Wildman–Crippen LogP) is 5.06. The largest absolute Gasteiger partial charge is 0.445 e. The van der Waals surface area contributed by atoms with Gasteiger partial charge in [-0.1, -0.05) is 36.4 Å². The maximum Gasteiger partial charge on any atom is 0.408 e. The van der Waals surface area contributed by atoms with Crippen LogP contribution in [0.1, 0.15) is 54.7 Å². The first-order chi connectivity index (χ1) is 18.7. The summed E-state index contributed by atoms with van der Waals surface area (Å²) in [6.45, 7) is -1.27. The van der Waals surface area contributed by atoms with Gasteiger partial charge < -0.3 is 20.7 Å². The zero-order valence-corrected chi connectivity index (χ0v) is 21.4. The van der Waals surface area contributed by atoms with Gasteiger partial charge in [0.15, 0.2) is 0 Å². The zero-order valence-electron chi connectivity index (χ0n) is 21.4. The Morgan fingerprint density at radius 1 is 0.949 bits per heavy atom. The van der Waals surface area contributed by atoms with Crippen LogP contribution in [0.4, 0.5) is 23.7 Å². The number of hydrogen-bond donors (Lipinski definition) is 3. The van der Waals surface area contributed by atoms with Crippen molar-refractivity contribution in [1.82, 2.24) is 10.6 Å². The molecule has 2 fully saturated rings. The fourth-order valence-electron chi connectivity index (χ4n) is 5.62. The number of aryl methyl sites for hydroxylation is 1. The molecule has 7 nitrogen and oxygen atoms in total. The summed E-state index contributed by atoms with van der Waals surface area (Å²) in [7, 11) is 0. The van der Waals surface area contributed by atoms with Gasteiger partial charge in [0.25, 0.3) is 0 Å². The summed E-state index contributed by atoms with van der Waals surface area (Å²) in [5.41, 5.74) is 2.84. The first kappa shape index (κ1) is 27.0. The molecule has 1 unspecified atom stereocenters. The third kappa shape index (κ3) is 7.10. The summed E-state index contributed by atoms with van der Waals surface area (Å²) in [6, 6.07) is 13.7. The highest BCUT2D eigenvalue weighted by atomic mass is 19.4. The summed E-state index contributed by atoms with van der Waals surface area (Å²) < 4.78 is 42.9. The van der Waals surface area contributed by atoms with Crippen molar-refractivity contribution in [3.8, 4) is 0 Å². The number of carbonyl (C=O) groups excluding carboxylic acids is 3. The van der Waals surface area contributed by atoms with E-state index in [4.69, 9.17) is 4.74 Å². The number of fused-ring (bicyclic) bond motifs is 1. The number of ether oxygens (including phenoxy) is 1. The van der Waals surface area contributed by atoms with Crippen molar-refractivity contribution < 1.29 is 32.3 Å². The number of alkyl halides is 3. The second-order valence-corrected chi connectivity index (χ2v) is 10.8. The van der Waals surface area contributed by atoms with Gasteiger partial charge in [0.1, 0.15) is 19.2 Å². The number of benzene rings is 2. The van der Waals surface area contributed by atoms with Crippen LogP contribution in [-0.2, 0) is 27.4 Å². The molecule has 208 valence electrons. The van der Waals surface area contributed by atoms with Crippen LogP contribution in [0.15, 0.2) is 48.5 Å². The second-order valence-electron chi connectivity index (χ2n) is 10.8. The lowest BCUT2D eigenvalue weighted by molar-refractivity contribution is -0.139. The van der Waals surface area contributed by atoms with E-state index >= 15 is 0 Å². The van der Waals surface area contributed by atoms with Crippen LogP contribution in [-0.4, -0.2) is 36.7 Å². The van der Waals surface area contributed by atoms with E-state index in [0.717, 1.165) is 36.8 Å². The molecule has 39 heavy (non-hydrogen) atoms. The standard InChI is InChI=1S/C29H32F3N3O4/c30-29(31,32)16-33-26(36)23-12-10-20-14-21(11-13-22(20)23)34-27(37)25(24(18-6-7-18)19-8-9-19)35-28(38)39-15-17-4-2-1-3-5-17/h1-5,11,13-14,18-19,23-25H,6-10,12,15-16H2,(H,33,36)(H,34,37)(H,35,38)/t23?,25-/m0/s1. The van der Waals surface area contributed by atoms with E-state index < -0.39 is 36.7 Å². The average molecular weight is 544 g/mol. The van der Waals surface area contributed by atoms with Crippen LogP contribution in [0.5, 0.6) is 0 Å². The number of halogens is 3. The minimum atomic E-state index is -4.47. The van der Waals surface area contributed by atoms with E-state index in [2.05, 4.69) is 10.6 Å². The molecule has 0 aliphatic heterocycles. The summed E-state index contributed by atoms with van der Waals surface area (Å²) in [4.78, 5) is 38.6. The van der Waals surface area contributed by atoms with Crippen molar-refractivity contribution in [2.45, 2.75) is 63.3 Å². The molecule has 3 N–H and O–H groups in total. The van der Waals surface area contributed by atoms with Gasteiger partial charge in [-0.25, -0.2) is 4.79 Å². The first-order valence-electron chi connectivity index (χ1n) is 13.4. The third-order valence-electron chi connectivity index (χ3n) is 7.75. The van der Waals surface area contributed by atoms with Crippen molar-refractivity contribution in [3.05, 3.63) is 65.2 Å². The number of hydrogen-bond acceptors (Lipinski definition) is 4. The number of nitrogens with one attached hydrogen (secondary N) is 3. The maximum absolute atomic E-state index is 13.5. The highest BCUT2D eigenvalue weighted by Gasteiger charge is 2.48. The third-order valence-corrected chi connectivity index (χ3v) is 7.75. The van der Waals surface area contributed by atoms with Crippen LogP contribution in [0, 0.1) is 17.8 Å². The Labute approximate surface area is 224 Å². The van der Waals surface area contributed by atoms with Crippen molar-refractivity contribution in [1.29, 1.82) is 0 Å². The van der Waals surface area contributed by atoms with Gasteiger partial charge in [-0.3, -0.25) is 9.59 Å². The van der Waals surface area contributed by atoms with Gasteiger partial charge >= 0.3 is 12.3 Å². The quantitative estimate of drug-likeness (QED) is 0.390. The van der Waals surface area contributed by atoms with E-state index in [-0.39, 0.29) is 18.4 Å². The molecule has 3 amide bonds. The van der Waals surface area contributed by atoms with Crippen LogP contribution in [0.2, 0.25) is 0 Å². The van der Waals surface area contributed by atoms with Gasteiger partial charge in [-0.2, -0.15) is 13.2 Å². The first-order valence-corrected chi connectivity index (χ1v) is 13.4. The van der Waals surface area contributed by atoms with Gasteiger partial charge in [0.05, 0.1) is 5.92 Å². The van der Waals surface area contributed by atoms with E-state index in [9.17, 15) is 27.6 Å². The molecule has 0 heterocycles. The molecular formula is C29H32F3N3O4. The topological polar surface area (TPSA) is 96.5 Å². The monoisotopic (exact) mass is 543 g/mol.